The third-order valence-corrected chi connectivity index (χ3v) is 2.11. The molecule has 12 heteroatoms. The molecule has 0 aliphatic rings. The van der Waals surface area contributed by atoms with Crippen molar-refractivity contribution >= 4 is 23.9 Å². The number of ether oxygens (including phenoxy) is 4. The van der Waals surface area contributed by atoms with Gasteiger partial charge in [0.05, 0.1) is 39.4 Å². The van der Waals surface area contributed by atoms with Crippen LogP contribution in [0.2, 0.25) is 0 Å². The van der Waals surface area contributed by atoms with Crippen LogP contribution in [0, 0.1) is 0 Å². The van der Waals surface area contributed by atoms with Crippen LogP contribution >= 0.6 is 0 Å². The summed E-state index contributed by atoms with van der Waals surface area (Å²) in [6.45, 7) is -11.5. The fourth-order valence-corrected chi connectivity index (χ4v) is 0.758. The minimum Gasteiger partial charge on any atom is -0.469 e. The van der Waals surface area contributed by atoms with Crippen LogP contribution in [0.25, 0.3) is 0 Å². The van der Waals surface area contributed by atoms with Gasteiger partial charge >= 0.3 is 23.9 Å². The maximum atomic E-state index is 10.8. The molecule has 0 aliphatic carbocycles. The fourth-order valence-electron chi connectivity index (χ4n) is 0.758. The average Bonchev–Trinajstić information content (AvgIpc) is 2.88. The maximum Gasteiger partial charge on any atom is 0.305 e. The fraction of sp³-hybridized carbons (Fsp3) is 0.810. The molecule has 200 valence electrons. The molecular weight excluding hydrogens is 444 g/mol. The van der Waals surface area contributed by atoms with E-state index in [1.165, 1.54) is 7.11 Å². The Morgan fingerprint density at radius 1 is 0.576 bits per heavy atom. The first-order valence-corrected chi connectivity index (χ1v) is 8.03. The third kappa shape index (κ3) is 48.4. The molecule has 0 unspecified atom stereocenters. The van der Waals surface area contributed by atoms with Crippen LogP contribution < -0.4 is 0 Å². The molecular formula is C21H44O12. The summed E-state index contributed by atoms with van der Waals surface area (Å²) >= 11 is 0. The quantitative estimate of drug-likeness (QED) is 0.211. The van der Waals surface area contributed by atoms with Crippen molar-refractivity contribution in [3.8, 4) is 0 Å². The highest BCUT2D eigenvalue weighted by molar-refractivity contribution is 5.69. The molecule has 0 aromatic heterocycles. The molecule has 0 saturated heterocycles. The first-order valence-electron chi connectivity index (χ1n) is 16.0. The summed E-state index contributed by atoms with van der Waals surface area (Å²) < 4.78 is 125. The number of carbonyl (C=O) groups is 4. The molecule has 0 rings (SSSR count). The molecule has 12 nitrogen and oxygen atoms in total. The summed E-state index contributed by atoms with van der Waals surface area (Å²) in [4.78, 5) is 42.3. The summed E-state index contributed by atoms with van der Waals surface area (Å²) in [7, 11) is 4.11. The maximum absolute atomic E-state index is 10.8. The Balaban J connectivity index is -0.000000176. The Labute approximate surface area is 219 Å². The summed E-state index contributed by atoms with van der Waals surface area (Å²) in [5, 5.41) is 34.4. The van der Waals surface area contributed by atoms with Gasteiger partial charge in [-0.1, -0.05) is 7.43 Å². The SMILES string of the molecule is C.[2H]C([2H])(O)C([2H])([2H])C([2H])([2H])C(=O)OC.[2H]C([2H])(O)C([2H])([2H])CC(=O)OC.[2H]C([2H])(O)CC([2H])([2H])C(=O)OC.[2H]C([2H])(O)CCC(=O)OC. The first kappa shape index (κ1) is 15.6. The molecule has 0 heterocycles. The lowest BCUT2D eigenvalue weighted by molar-refractivity contribution is -0.141. The molecule has 4 N–H and O–H groups in total. The minimum atomic E-state index is -3.48. The first-order chi connectivity index (χ1) is 20.8. The Morgan fingerprint density at radius 2 is 0.970 bits per heavy atom. The number of methoxy groups -OCH3 is 4. The molecule has 0 amide bonds. The van der Waals surface area contributed by atoms with E-state index in [1.807, 2.05) is 0 Å². The Morgan fingerprint density at radius 3 is 1.33 bits per heavy atom. The van der Waals surface area contributed by atoms with E-state index in [2.05, 4.69) is 18.9 Å². The molecule has 0 aromatic rings. The van der Waals surface area contributed by atoms with Gasteiger partial charge in [0.15, 0.2) is 0 Å². The second-order valence-corrected chi connectivity index (χ2v) is 4.13. The highest BCUT2D eigenvalue weighted by atomic mass is 16.5. The second-order valence-electron chi connectivity index (χ2n) is 4.13. The van der Waals surface area contributed by atoms with Crippen LogP contribution in [0.15, 0.2) is 0 Å². The second kappa shape index (κ2) is 37.1. The zero-order valence-electron chi connectivity index (χ0n) is 33.9. The zero-order valence-corrected chi connectivity index (χ0v) is 17.9. The number of hydrogen-bond acceptors (Lipinski definition) is 12. The largest absolute Gasteiger partial charge is 0.469 e. The summed E-state index contributed by atoms with van der Waals surface area (Å²) in [6.07, 6.45) is -13.8. The number of esters is 4. The Kier molecular flexibility index (Phi) is 17.5. The predicted octanol–water partition coefficient (Wildman–Crippen LogP) is 0.364. The number of hydrogen-bond donors (Lipinski definition) is 4. The summed E-state index contributed by atoms with van der Waals surface area (Å²) in [6, 6.07) is 0. The van der Waals surface area contributed by atoms with E-state index in [-0.39, 0.29) is 20.3 Å². The Hall–Kier alpha value is -2.28. The van der Waals surface area contributed by atoms with Gasteiger partial charge in [0.1, 0.15) is 0 Å². The lowest BCUT2D eigenvalue weighted by Crippen LogP contribution is -2.00. The van der Waals surface area contributed by atoms with E-state index in [0.717, 1.165) is 21.3 Å². The van der Waals surface area contributed by atoms with Crippen LogP contribution in [-0.2, 0) is 38.1 Å². The smallest absolute Gasteiger partial charge is 0.305 e. The van der Waals surface area contributed by atoms with Crippen LogP contribution in [-0.4, -0.2) is 99.0 Å². The number of rotatable bonds is 12. The van der Waals surface area contributed by atoms with E-state index >= 15 is 0 Å². The molecule has 0 aromatic carbocycles. The van der Waals surface area contributed by atoms with Crippen molar-refractivity contribution in [3.05, 3.63) is 0 Å². The van der Waals surface area contributed by atoms with Gasteiger partial charge in [-0.2, -0.15) is 0 Å². The van der Waals surface area contributed by atoms with Crippen molar-refractivity contribution in [2.45, 2.75) is 58.6 Å². The highest BCUT2D eigenvalue weighted by Crippen LogP contribution is 1.89. The molecule has 0 radical (unpaired) electrons. The summed E-state index contributed by atoms with van der Waals surface area (Å²) in [5.74, 6) is -4.20. The van der Waals surface area contributed by atoms with Crippen molar-refractivity contribution in [1.82, 2.24) is 0 Å². The lowest BCUT2D eigenvalue weighted by Gasteiger charge is -1.93. The normalized spacial score (nSPS) is 19.2. The Bertz CT molecular complexity index is 1020. The number of carbonyl (C=O) groups excluding carboxylic acids is 4. The standard InChI is InChI=1S/4C5H10O3.CH4/c4*1-8-5(7)3-2-4-6;/h4*6H,2-4H2,1H3;1H4/i2D2,3D2,4D2;3D2,4D2;2D2,4D2;4D2;. The van der Waals surface area contributed by atoms with Gasteiger partial charge in [-0.3, -0.25) is 19.2 Å². The van der Waals surface area contributed by atoms with E-state index < -0.39 is 88.4 Å². The highest BCUT2D eigenvalue weighted by Gasteiger charge is 1.97. The van der Waals surface area contributed by atoms with Gasteiger partial charge in [-0.05, 0) is 25.6 Å². The molecule has 0 spiro atoms. The van der Waals surface area contributed by atoms with Crippen molar-refractivity contribution in [2.75, 3.05) is 54.7 Å². The molecule has 0 atom stereocenters. The van der Waals surface area contributed by atoms with Gasteiger partial charge in [0, 0.05) is 62.8 Å². The monoisotopic (exact) mass is 504 g/mol. The van der Waals surface area contributed by atoms with Crippen LogP contribution in [0.4, 0.5) is 0 Å². The molecule has 0 fully saturated rings. The van der Waals surface area contributed by atoms with Gasteiger partial charge in [0.25, 0.3) is 0 Å². The van der Waals surface area contributed by atoms with E-state index in [4.69, 9.17) is 42.4 Å². The van der Waals surface area contributed by atoms with Crippen LogP contribution in [0.1, 0.15) is 80.5 Å². The molecule has 0 aliphatic heterocycles. The van der Waals surface area contributed by atoms with E-state index in [9.17, 15) is 19.2 Å². The van der Waals surface area contributed by atoms with Crippen molar-refractivity contribution in [1.29, 1.82) is 0 Å². The topological polar surface area (TPSA) is 186 Å². The summed E-state index contributed by atoms with van der Waals surface area (Å²) in [5.41, 5.74) is 0. The van der Waals surface area contributed by atoms with Crippen molar-refractivity contribution in [2.24, 2.45) is 0 Å². The van der Waals surface area contributed by atoms with Crippen LogP contribution in [0.3, 0.4) is 0 Å². The van der Waals surface area contributed by atoms with Gasteiger partial charge < -0.3 is 39.4 Å². The molecule has 33 heavy (non-hydrogen) atoms. The molecule has 0 bridgehead atoms. The van der Waals surface area contributed by atoms with E-state index in [1.54, 1.807) is 0 Å². The van der Waals surface area contributed by atoms with E-state index in [0.29, 0.717) is 0 Å². The number of aliphatic hydroxyl groups is 4. The van der Waals surface area contributed by atoms with Crippen LogP contribution in [0.5, 0.6) is 0 Å². The van der Waals surface area contributed by atoms with Gasteiger partial charge in [-0.15, -0.1) is 0 Å². The third-order valence-electron chi connectivity index (χ3n) is 2.11. The van der Waals surface area contributed by atoms with Gasteiger partial charge in [0.2, 0.25) is 0 Å². The lowest BCUT2D eigenvalue weighted by atomic mass is 10.3. The van der Waals surface area contributed by atoms with Crippen molar-refractivity contribution in [3.63, 3.8) is 0 Å². The van der Waals surface area contributed by atoms with Gasteiger partial charge in [-0.25, -0.2) is 0 Å². The average molecular weight is 505 g/mol. The van der Waals surface area contributed by atoms with Crippen molar-refractivity contribution < 1.29 is 80.5 Å². The minimum absolute atomic E-state index is 0. The zero-order chi connectivity index (χ0) is 40.0. The molecule has 0 saturated carbocycles. The predicted molar refractivity (Wildman–Crippen MR) is 120 cm³/mol.